The second kappa shape index (κ2) is 6.13. The molecule has 0 spiro atoms. The fourth-order valence-electron chi connectivity index (χ4n) is 2.40. The summed E-state index contributed by atoms with van der Waals surface area (Å²) in [6, 6.07) is 0.460. The molecule has 6 nitrogen and oxygen atoms in total. The summed E-state index contributed by atoms with van der Waals surface area (Å²) in [7, 11) is 0. The number of nitrogens with one attached hydrogen (secondary N) is 1. The van der Waals surface area contributed by atoms with Gasteiger partial charge in [0.25, 0.3) is 5.91 Å². The van der Waals surface area contributed by atoms with Crippen LogP contribution in [0.15, 0.2) is 12.1 Å². The maximum absolute atomic E-state index is 13.9. The van der Waals surface area contributed by atoms with Crippen LogP contribution in [0.1, 0.15) is 36.0 Å². The van der Waals surface area contributed by atoms with Gasteiger partial charge in [0.1, 0.15) is 5.82 Å². The predicted octanol–water partition coefficient (Wildman–Crippen LogP) is 1.91. The molecule has 2 N–H and O–H groups in total. The molecule has 1 aliphatic carbocycles. The molecule has 21 heavy (non-hydrogen) atoms. The van der Waals surface area contributed by atoms with Gasteiger partial charge < -0.3 is 10.4 Å². The molecule has 2 rings (SSSR count). The lowest BCUT2D eigenvalue weighted by Crippen LogP contribution is -2.45. The summed E-state index contributed by atoms with van der Waals surface area (Å²) in [6.45, 7) is 0. The van der Waals surface area contributed by atoms with Crippen LogP contribution in [0.2, 0.25) is 0 Å². The van der Waals surface area contributed by atoms with Crippen molar-refractivity contribution in [2.75, 3.05) is 0 Å². The van der Waals surface area contributed by atoms with E-state index < -0.39 is 45.9 Å². The van der Waals surface area contributed by atoms with E-state index in [0.29, 0.717) is 25.0 Å². The number of rotatable bonds is 3. The van der Waals surface area contributed by atoms with Gasteiger partial charge in [-0.05, 0) is 18.9 Å². The predicted molar refractivity (Wildman–Crippen MR) is 68.7 cm³/mol. The van der Waals surface area contributed by atoms with Gasteiger partial charge >= 0.3 is 5.69 Å². The number of aliphatic hydroxyl groups excluding tert-OH is 1. The van der Waals surface area contributed by atoms with Gasteiger partial charge in [0, 0.05) is 0 Å². The van der Waals surface area contributed by atoms with Gasteiger partial charge in [-0.25, -0.2) is 4.39 Å². The molecular weight excluding hydrogens is 286 g/mol. The van der Waals surface area contributed by atoms with Crippen molar-refractivity contribution in [1.29, 1.82) is 0 Å². The largest absolute Gasteiger partial charge is 0.391 e. The Kier molecular flexibility index (Phi) is 4.46. The third-order valence-corrected chi connectivity index (χ3v) is 3.51. The highest BCUT2D eigenvalue weighted by Gasteiger charge is 2.28. The third-order valence-electron chi connectivity index (χ3n) is 3.51. The molecule has 0 heterocycles. The molecule has 0 aliphatic heterocycles. The first kappa shape index (κ1) is 15.3. The SMILES string of the molecule is O=C(N[C@@H]1CCCC[C@H]1O)c1cc(F)cc([N+](=O)[O-])c1F. The second-order valence-electron chi connectivity index (χ2n) is 4.98. The normalized spacial score (nSPS) is 21.9. The summed E-state index contributed by atoms with van der Waals surface area (Å²) in [5.74, 6) is -3.43. The van der Waals surface area contributed by atoms with E-state index in [2.05, 4.69) is 5.32 Å². The number of carbonyl (C=O) groups is 1. The van der Waals surface area contributed by atoms with Crippen LogP contribution < -0.4 is 5.32 Å². The van der Waals surface area contributed by atoms with E-state index in [-0.39, 0.29) is 0 Å². The highest BCUT2D eigenvalue weighted by molar-refractivity contribution is 5.95. The number of carbonyl (C=O) groups excluding carboxylic acids is 1. The first-order valence-electron chi connectivity index (χ1n) is 6.52. The molecule has 1 saturated carbocycles. The molecule has 0 aromatic heterocycles. The van der Waals surface area contributed by atoms with Crippen molar-refractivity contribution in [3.8, 4) is 0 Å². The molecule has 2 atom stereocenters. The molecule has 1 amide bonds. The van der Waals surface area contributed by atoms with Crippen LogP contribution in [0.3, 0.4) is 0 Å². The van der Waals surface area contributed by atoms with Crippen molar-refractivity contribution in [3.63, 3.8) is 0 Å². The first-order chi connectivity index (χ1) is 9.90. The Balaban J connectivity index is 2.24. The van der Waals surface area contributed by atoms with Crippen molar-refractivity contribution in [2.24, 2.45) is 0 Å². The molecule has 1 fully saturated rings. The molecule has 0 unspecified atom stereocenters. The Morgan fingerprint density at radius 1 is 1.33 bits per heavy atom. The molecule has 1 aromatic carbocycles. The van der Waals surface area contributed by atoms with Gasteiger partial charge in [0.2, 0.25) is 5.82 Å². The fraction of sp³-hybridized carbons (Fsp3) is 0.462. The number of halogens is 2. The standard InChI is InChI=1S/C13H14F2N2O4/c14-7-5-8(12(15)10(6-7)17(20)21)13(19)16-9-3-1-2-4-11(9)18/h5-6,9,11,18H,1-4H2,(H,16,19)/t9-,11-/m1/s1. The maximum Gasteiger partial charge on any atom is 0.308 e. The summed E-state index contributed by atoms with van der Waals surface area (Å²) in [6.07, 6.45) is 1.90. The van der Waals surface area contributed by atoms with Gasteiger partial charge in [-0.15, -0.1) is 0 Å². The number of nitrogens with zero attached hydrogens (tertiary/aromatic N) is 1. The highest BCUT2D eigenvalue weighted by atomic mass is 19.1. The second-order valence-corrected chi connectivity index (χ2v) is 4.98. The summed E-state index contributed by atoms with van der Waals surface area (Å²) >= 11 is 0. The number of hydrogen-bond acceptors (Lipinski definition) is 4. The van der Waals surface area contributed by atoms with Crippen LogP contribution in [0.5, 0.6) is 0 Å². The van der Waals surface area contributed by atoms with Gasteiger partial charge in [-0.1, -0.05) is 12.8 Å². The smallest absolute Gasteiger partial charge is 0.308 e. The molecule has 0 saturated heterocycles. The molecule has 0 radical (unpaired) electrons. The van der Waals surface area contributed by atoms with Crippen LogP contribution in [0, 0.1) is 21.7 Å². The Hall–Kier alpha value is -2.09. The van der Waals surface area contributed by atoms with Crippen molar-refractivity contribution in [2.45, 2.75) is 37.8 Å². The number of nitro groups is 1. The van der Waals surface area contributed by atoms with Crippen LogP contribution in [-0.4, -0.2) is 28.1 Å². The Morgan fingerprint density at radius 3 is 2.62 bits per heavy atom. The maximum atomic E-state index is 13.9. The summed E-state index contributed by atoms with van der Waals surface area (Å²) in [5.41, 5.74) is -1.83. The lowest BCUT2D eigenvalue weighted by Gasteiger charge is -2.28. The van der Waals surface area contributed by atoms with E-state index in [1.54, 1.807) is 0 Å². The third kappa shape index (κ3) is 3.33. The average Bonchev–Trinajstić information content (AvgIpc) is 2.43. The van der Waals surface area contributed by atoms with E-state index in [0.717, 1.165) is 12.8 Å². The number of nitro benzene ring substituents is 1. The van der Waals surface area contributed by atoms with Gasteiger partial charge in [0.05, 0.1) is 28.7 Å². The van der Waals surface area contributed by atoms with Crippen LogP contribution >= 0.6 is 0 Å². The average molecular weight is 300 g/mol. The molecule has 0 bridgehead atoms. The minimum absolute atomic E-state index is 0.418. The molecule has 1 aliphatic rings. The highest BCUT2D eigenvalue weighted by Crippen LogP contribution is 2.24. The zero-order chi connectivity index (χ0) is 15.6. The van der Waals surface area contributed by atoms with Gasteiger partial charge in [0.15, 0.2) is 0 Å². The molecular formula is C13H14F2N2O4. The van der Waals surface area contributed by atoms with E-state index in [9.17, 15) is 28.8 Å². The van der Waals surface area contributed by atoms with E-state index in [4.69, 9.17) is 0 Å². The molecule has 1 aromatic rings. The van der Waals surface area contributed by atoms with E-state index in [1.807, 2.05) is 0 Å². The number of benzene rings is 1. The Labute approximate surface area is 118 Å². The van der Waals surface area contributed by atoms with Gasteiger partial charge in [-0.2, -0.15) is 4.39 Å². The molecule has 8 heteroatoms. The van der Waals surface area contributed by atoms with Crippen LogP contribution in [-0.2, 0) is 0 Å². The molecule has 114 valence electrons. The van der Waals surface area contributed by atoms with Crippen molar-refractivity contribution >= 4 is 11.6 Å². The topological polar surface area (TPSA) is 92.5 Å². The fourth-order valence-corrected chi connectivity index (χ4v) is 2.40. The minimum atomic E-state index is -1.39. The first-order valence-corrected chi connectivity index (χ1v) is 6.52. The van der Waals surface area contributed by atoms with E-state index in [1.165, 1.54) is 0 Å². The number of amides is 1. The zero-order valence-corrected chi connectivity index (χ0v) is 11.0. The van der Waals surface area contributed by atoms with E-state index >= 15 is 0 Å². The quantitative estimate of drug-likeness (QED) is 0.658. The monoisotopic (exact) mass is 300 g/mol. The van der Waals surface area contributed by atoms with Gasteiger partial charge in [-0.3, -0.25) is 14.9 Å². The number of hydrogen-bond donors (Lipinski definition) is 2. The zero-order valence-electron chi connectivity index (χ0n) is 11.0. The van der Waals surface area contributed by atoms with Crippen LogP contribution in [0.25, 0.3) is 0 Å². The van der Waals surface area contributed by atoms with Crippen LogP contribution in [0.4, 0.5) is 14.5 Å². The number of aliphatic hydroxyl groups is 1. The van der Waals surface area contributed by atoms with Crippen molar-refractivity contribution < 1.29 is 23.6 Å². The summed E-state index contributed by atoms with van der Waals surface area (Å²) < 4.78 is 27.2. The summed E-state index contributed by atoms with van der Waals surface area (Å²) in [4.78, 5) is 21.5. The van der Waals surface area contributed by atoms with Crippen molar-refractivity contribution in [3.05, 3.63) is 39.4 Å². The lowest BCUT2D eigenvalue weighted by atomic mass is 9.92. The minimum Gasteiger partial charge on any atom is -0.391 e. The van der Waals surface area contributed by atoms with Crippen molar-refractivity contribution in [1.82, 2.24) is 5.32 Å². The Morgan fingerprint density at radius 2 is 2.00 bits per heavy atom. The lowest BCUT2D eigenvalue weighted by molar-refractivity contribution is -0.387. The summed E-state index contributed by atoms with van der Waals surface area (Å²) in [5, 5.41) is 22.8. The Bertz CT molecular complexity index is 580.